The van der Waals surface area contributed by atoms with Gasteiger partial charge in [0, 0.05) is 6.08 Å². The van der Waals surface area contributed by atoms with Crippen molar-refractivity contribution in [3.05, 3.63) is 278 Å². The van der Waals surface area contributed by atoms with E-state index < -0.39 is 16.2 Å². The van der Waals surface area contributed by atoms with Gasteiger partial charge in [-0.2, -0.15) is 0 Å². The molecule has 0 bridgehead atoms. The Hall–Kier alpha value is -8.01. The van der Waals surface area contributed by atoms with E-state index in [1.165, 1.54) is 140 Å². The second kappa shape index (κ2) is 13.1. The lowest BCUT2D eigenvalue weighted by Crippen LogP contribution is -2.48. The number of esters is 1. The zero-order valence-electron chi connectivity index (χ0n) is 38.0. The molecule has 0 radical (unpaired) electrons. The number of hydrogen-bond acceptors (Lipinski definition) is 3. The van der Waals surface area contributed by atoms with Crippen LogP contribution in [0, 0.1) is 13.8 Å². The second-order valence-electron chi connectivity index (χ2n) is 19.8. The van der Waals surface area contributed by atoms with Crippen molar-refractivity contribution < 1.29 is 9.53 Å². The van der Waals surface area contributed by atoms with Gasteiger partial charge in [0.05, 0.1) is 39.9 Å². The predicted octanol–water partition coefficient (Wildman–Crippen LogP) is 14.5. The van der Waals surface area contributed by atoms with Gasteiger partial charge < -0.3 is 9.64 Å². The molecule has 3 heteroatoms. The first-order valence-corrected chi connectivity index (χ1v) is 24.1. The summed E-state index contributed by atoms with van der Waals surface area (Å²) in [6.45, 7) is 8.61. The molecule has 3 aliphatic carbocycles. The van der Waals surface area contributed by atoms with Crippen LogP contribution in [-0.4, -0.2) is 12.6 Å². The highest BCUT2D eigenvalue weighted by Crippen LogP contribution is 2.75. The molecule has 0 atom stereocenters. The molecule has 0 fully saturated rings. The number of benzene rings is 9. The van der Waals surface area contributed by atoms with E-state index in [9.17, 15) is 4.79 Å². The van der Waals surface area contributed by atoms with Gasteiger partial charge >= 0.3 is 5.97 Å². The molecule has 3 spiro atoms. The Morgan fingerprint density at radius 2 is 0.721 bits per heavy atom. The Bertz CT molecular complexity index is 3470. The number of hydrogen-bond donors (Lipinski definition) is 0. The zero-order chi connectivity index (χ0) is 45.3. The fraction of sp³-hybridized carbons (Fsp3) is 0.123. The van der Waals surface area contributed by atoms with Gasteiger partial charge in [-0.25, -0.2) is 4.79 Å². The molecular formula is C65H45NO2. The summed E-state index contributed by atoms with van der Waals surface area (Å²) < 4.78 is 5.65. The zero-order valence-corrected chi connectivity index (χ0v) is 38.0. The van der Waals surface area contributed by atoms with E-state index in [1.54, 1.807) is 0 Å². The van der Waals surface area contributed by atoms with E-state index in [0.717, 1.165) is 6.42 Å². The molecule has 0 saturated heterocycles. The Morgan fingerprint density at radius 1 is 0.441 bits per heavy atom. The Kier molecular flexibility index (Phi) is 7.35. The second-order valence-corrected chi connectivity index (χ2v) is 19.8. The highest BCUT2D eigenvalue weighted by Gasteiger charge is 2.63. The molecule has 0 saturated carbocycles. The predicted molar refractivity (Wildman–Crippen MR) is 273 cm³/mol. The summed E-state index contributed by atoms with van der Waals surface area (Å²) in [4.78, 5) is 15.1. The summed E-state index contributed by atoms with van der Waals surface area (Å²) in [7, 11) is 0. The maximum absolute atomic E-state index is 12.4. The number of aryl methyl sites for hydroxylation is 3. The first kappa shape index (κ1) is 38.1. The topological polar surface area (TPSA) is 29.5 Å². The van der Waals surface area contributed by atoms with Gasteiger partial charge in [0.25, 0.3) is 0 Å². The van der Waals surface area contributed by atoms with Gasteiger partial charge in [-0.15, -0.1) is 0 Å². The summed E-state index contributed by atoms with van der Waals surface area (Å²) in [6.07, 6.45) is 2.67. The average Bonchev–Trinajstić information content (AvgIpc) is 3.96. The molecular weight excluding hydrogens is 827 g/mol. The molecule has 6 aliphatic rings. The average molecular weight is 872 g/mol. The summed E-state index contributed by atoms with van der Waals surface area (Å²) >= 11 is 0. The molecule has 3 heterocycles. The van der Waals surface area contributed by atoms with Gasteiger partial charge in [-0.1, -0.05) is 200 Å². The smallest absolute Gasteiger partial charge is 0.330 e. The number of anilines is 3. The van der Waals surface area contributed by atoms with E-state index in [1.807, 2.05) is 0 Å². The SMILES string of the molecule is C=CC(=O)OCCCc1cc2c3c(c1)C1(c4ccccc4-c4ccccc41)c1cc(C)cc4c1N3c1c(cc(C)cc1C21c2ccccc2-c2ccccc21)C41c2ccccc2-c2ccccc21. The first-order valence-electron chi connectivity index (χ1n) is 24.1. The molecule has 322 valence electrons. The summed E-state index contributed by atoms with van der Waals surface area (Å²) in [5.41, 5.74) is 29.2. The van der Waals surface area contributed by atoms with Crippen molar-refractivity contribution in [2.24, 2.45) is 0 Å². The quantitative estimate of drug-likeness (QED) is 0.0980. The lowest BCUT2D eigenvalue weighted by atomic mass is 9.53. The van der Waals surface area contributed by atoms with E-state index in [0.29, 0.717) is 13.0 Å². The minimum absolute atomic E-state index is 0.318. The monoisotopic (exact) mass is 871 g/mol. The van der Waals surface area contributed by atoms with Crippen molar-refractivity contribution in [3.63, 3.8) is 0 Å². The fourth-order valence-corrected chi connectivity index (χ4v) is 14.6. The van der Waals surface area contributed by atoms with E-state index in [4.69, 9.17) is 4.74 Å². The maximum atomic E-state index is 12.4. The van der Waals surface area contributed by atoms with Crippen LogP contribution < -0.4 is 4.90 Å². The van der Waals surface area contributed by atoms with Crippen LogP contribution >= 0.6 is 0 Å². The van der Waals surface area contributed by atoms with Crippen molar-refractivity contribution in [1.29, 1.82) is 0 Å². The van der Waals surface area contributed by atoms with E-state index in [-0.39, 0.29) is 5.97 Å². The summed E-state index contributed by atoms with van der Waals surface area (Å²) in [6, 6.07) is 70.5. The number of nitrogens with zero attached hydrogens (tertiary/aromatic N) is 1. The molecule has 15 rings (SSSR count). The first-order chi connectivity index (χ1) is 33.4. The molecule has 0 amide bonds. The van der Waals surface area contributed by atoms with Crippen LogP contribution in [0.4, 0.5) is 17.1 Å². The van der Waals surface area contributed by atoms with Crippen molar-refractivity contribution in [2.45, 2.75) is 42.9 Å². The summed E-state index contributed by atoms with van der Waals surface area (Å²) in [5, 5.41) is 0. The molecule has 9 aromatic carbocycles. The molecule has 68 heavy (non-hydrogen) atoms. The Balaban J connectivity index is 1.19. The molecule has 3 nitrogen and oxygen atoms in total. The van der Waals surface area contributed by atoms with Crippen LogP contribution in [0.15, 0.2) is 195 Å². The minimum atomic E-state index is -0.674. The molecule has 3 aliphatic heterocycles. The van der Waals surface area contributed by atoms with Gasteiger partial charge in [0.1, 0.15) is 0 Å². The number of carbonyl (C=O) groups is 1. The Morgan fingerprint density at radius 3 is 1.01 bits per heavy atom. The lowest BCUT2D eigenvalue weighted by molar-refractivity contribution is -0.137. The maximum Gasteiger partial charge on any atom is 0.330 e. The number of carbonyl (C=O) groups excluding carboxylic acids is 1. The highest BCUT2D eigenvalue weighted by atomic mass is 16.5. The van der Waals surface area contributed by atoms with Crippen LogP contribution in [0.2, 0.25) is 0 Å². The van der Waals surface area contributed by atoms with Crippen molar-refractivity contribution in [2.75, 3.05) is 11.5 Å². The van der Waals surface area contributed by atoms with Gasteiger partial charge in [-0.3, -0.25) is 0 Å². The molecule has 0 unspecified atom stereocenters. The number of fused-ring (bicyclic) bond motifs is 21. The van der Waals surface area contributed by atoms with Crippen LogP contribution in [-0.2, 0) is 32.2 Å². The van der Waals surface area contributed by atoms with E-state index >= 15 is 0 Å². The van der Waals surface area contributed by atoms with Crippen LogP contribution in [0.3, 0.4) is 0 Å². The normalized spacial score (nSPS) is 15.8. The van der Waals surface area contributed by atoms with Gasteiger partial charge in [0.2, 0.25) is 0 Å². The number of rotatable bonds is 5. The molecule has 0 aromatic heterocycles. The molecule has 9 aromatic rings. The van der Waals surface area contributed by atoms with Crippen molar-refractivity contribution in [1.82, 2.24) is 0 Å². The third-order valence-corrected chi connectivity index (χ3v) is 16.7. The lowest BCUT2D eigenvalue weighted by Gasteiger charge is -2.57. The fourth-order valence-electron chi connectivity index (χ4n) is 14.6. The number of ether oxygens (including phenoxy) is 1. The minimum Gasteiger partial charge on any atom is -0.463 e. The van der Waals surface area contributed by atoms with Gasteiger partial charge in [0.15, 0.2) is 0 Å². The molecule has 0 N–H and O–H groups in total. The third-order valence-electron chi connectivity index (χ3n) is 16.7. The van der Waals surface area contributed by atoms with Crippen LogP contribution in [0.25, 0.3) is 33.4 Å². The third kappa shape index (κ3) is 4.23. The van der Waals surface area contributed by atoms with Crippen molar-refractivity contribution in [3.8, 4) is 33.4 Å². The highest BCUT2D eigenvalue weighted by molar-refractivity contribution is 6.08. The largest absolute Gasteiger partial charge is 0.463 e. The van der Waals surface area contributed by atoms with Crippen LogP contribution in [0.1, 0.15) is 89.9 Å². The van der Waals surface area contributed by atoms with E-state index in [2.05, 4.69) is 207 Å². The Labute approximate surface area is 396 Å². The van der Waals surface area contributed by atoms with Gasteiger partial charge in [-0.05, 0) is 132 Å². The van der Waals surface area contributed by atoms with Crippen LogP contribution in [0.5, 0.6) is 0 Å². The standard InChI is InChI=1S/C65H45NO2/c1-4-59(67)68-31-17-18-40-36-57-62-58(37-40)65(51-29-15-9-23-45(51)46-24-10-16-30-52(46)65)56-35-39(3)33-54-61(56)66(62)60-53(63(54)47-25-11-5-19-41(47)42-20-6-12-26-48(42)63)32-38(2)34-55(60)64(57)49-27-13-7-21-43(49)44-22-8-14-28-50(44)64/h4-16,19-30,32-37H,1,17-18,31H2,2-3H3. The summed E-state index contributed by atoms with van der Waals surface area (Å²) in [5.74, 6) is -0.386. The van der Waals surface area contributed by atoms with Crippen molar-refractivity contribution >= 4 is 23.0 Å².